The highest BCUT2D eigenvalue weighted by atomic mass is 79.9. The van der Waals surface area contributed by atoms with Crippen LogP contribution >= 0.6 is 15.9 Å². The van der Waals surface area contributed by atoms with Crippen LogP contribution in [0.15, 0.2) is 38.6 Å². The molecular formula is C22H24BrF3N2O3S. The van der Waals surface area contributed by atoms with Crippen LogP contribution in [0.25, 0.3) is 0 Å². The average molecular weight is 533 g/mol. The summed E-state index contributed by atoms with van der Waals surface area (Å²) in [6, 6.07) is 5.02. The van der Waals surface area contributed by atoms with Gasteiger partial charge in [-0.05, 0) is 41.2 Å². The minimum Gasteiger partial charge on any atom is -0.507 e. The van der Waals surface area contributed by atoms with E-state index >= 15 is 0 Å². The first kappa shape index (κ1) is 24.6. The Morgan fingerprint density at radius 1 is 1.16 bits per heavy atom. The lowest BCUT2D eigenvalue weighted by molar-refractivity contribution is -0.0436. The fourth-order valence-electron chi connectivity index (χ4n) is 3.68. The molecule has 1 atom stereocenters. The van der Waals surface area contributed by atoms with E-state index in [1.807, 2.05) is 40.7 Å². The second-order valence-corrected chi connectivity index (χ2v) is 11.8. The zero-order valence-electron chi connectivity index (χ0n) is 18.2. The number of fused-ring (bicyclic) bond motifs is 1. The summed E-state index contributed by atoms with van der Waals surface area (Å²) in [7, 11) is -5.46. The van der Waals surface area contributed by atoms with E-state index in [4.69, 9.17) is 0 Å². The molecule has 3 rings (SSSR count). The normalized spacial score (nSPS) is 16.8. The SMILES string of the molecule is CC(C)c1c(Br)cc(C(C)(C)C)c(O)c1C1N=Cc2cc(S(=O)(=O)C(F)(F)F)ccc2N1. The quantitative estimate of drug-likeness (QED) is 0.478. The zero-order chi connectivity index (χ0) is 24.2. The summed E-state index contributed by atoms with van der Waals surface area (Å²) in [5, 5.41) is 14.3. The van der Waals surface area contributed by atoms with Crippen molar-refractivity contribution in [3.63, 3.8) is 0 Å². The summed E-state index contributed by atoms with van der Waals surface area (Å²) in [5.41, 5.74) is -2.98. The predicted molar refractivity (Wildman–Crippen MR) is 122 cm³/mol. The Morgan fingerprint density at radius 2 is 1.78 bits per heavy atom. The molecule has 174 valence electrons. The molecule has 0 aliphatic carbocycles. The van der Waals surface area contributed by atoms with E-state index < -0.39 is 26.4 Å². The highest BCUT2D eigenvalue weighted by molar-refractivity contribution is 9.10. The topological polar surface area (TPSA) is 78.8 Å². The van der Waals surface area contributed by atoms with Crippen molar-refractivity contribution in [2.24, 2.45) is 4.99 Å². The molecule has 0 aromatic heterocycles. The van der Waals surface area contributed by atoms with Gasteiger partial charge < -0.3 is 10.4 Å². The summed E-state index contributed by atoms with van der Waals surface area (Å²) >= 11 is 3.61. The molecule has 0 bridgehead atoms. The van der Waals surface area contributed by atoms with Crippen LogP contribution in [0.2, 0.25) is 0 Å². The number of nitrogens with zero attached hydrogens (tertiary/aromatic N) is 1. The van der Waals surface area contributed by atoms with Crippen LogP contribution < -0.4 is 5.32 Å². The van der Waals surface area contributed by atoms with E-state index in [9.17, 15) is 26.7 Å². The van der Waals surface area contributed by atoms with Gasteiger partial charge in [-0.15, -0.1) is 0 Å². The van der Waals surface area contributed by atoms with Gasteiger partial charge in [0.1, 0.15) is 11.9 Å². The first-order valence-electron chi connectivity index (χ1n) is 9.86. The van der Waals surface area contributed by atoms with Crippen molar-refractivity contribution in [3.8, 4) is 5.75 Å². The first-order valence-corrected chi connectivity index (χ1v) is 12.1. The van der Waals surface area contributed by atoms with Gasteiger partial charge in [0.05, 0.1) is 4.90 Å². The van der Waals surface area contributed by atoms with Crippen LogP contribution in [0.3, 0.4) is 0 Å². The molecule has 2 aromatic rings. The molecule has 1 aliphatic rings. The number of phenolic OH excluding ortho intramolecular Hbond substituents is 1. The lowest BCUT2D eigenvalue weighted by Gasteiger charge is -2.30. The van der Waals surface area contributed by atoms with Gasteiger partial charge in [-0.3, -0.25) is 4.99 Å². The van der Waals surface area contributed by atoms with Gasteiger partial charge in [-0.2, -0.15) is 13.2 Å². The molecule has 2 aromatic carbocycles. The fraction of sp³-hybridized carbons (Fsp3) is 0.409. The van der Waals surface area contributed by atoms with Gasteiger partial charge in [0, 0.05) is 33.1 Å². The smallest absolute Gasteiger partial charge is 0.501 e. The van der Waals surface area contributed by atoms with E-state index in [-0.39, 0.29) is 22.6 Å². The fourth-order valence-corrected chi connectivity index (χ4v) is 5.37. The van der Waals surface area contributed by atoms with Crippen LogP contribution in [-0.4, -0.2) is 25.2 Å². The van der Waals surface area contributed by atoms with Crippen molar-refractivity contribution in [2.75, 3.05) is 5.32 Å². The number of halogens is 4. The molecular weight excluding hydrogens is 509 g/mol. The number of rotatable bonds is 3. The maximum absolute atomic E-state index is 12.9. The first-order chi connectivity index (χ1) is 14.6. The maximum atomic E-state index is 12.9. The molecule has 0 saturated carbocycles. The van der Waals surface area contributed by atoms with Gasteiger partial charge in [0.15, 0.2) is 0 Å². The number of aliphatic imine (C=N–C) groups is 1. The number of nitrogens with one attached hydrogen (secondary N) is 1. The maximum Gasteiger partial charge on any atom is 0.501 e. The highest BCUT2D eigenvalue weighted by Crippen LogP contribution is 2.46. The number of anilines is 1. The van der Waals surface area contributed by atoms with Crippen LogP contribution in [0, 0.1) is 0 Å². The lowest BCUT2D eigenvalue weighted by Crippen LogP contribution is -2.24. The molecule has 1 unspecified atom stereocenters. The van der Waals surface area contributed by atoms with Crippen molar-refractivity contribution in [3.05, 3.63) is 51.0 Å². The van der Waals surface area contributed by atoms with Crippen LogP contribution in [-0.2, 0) is 15.3 Å². The molecule has 10 heteroatoms. The molecule has 2 N–H and O–H groups in total. The van der Waals surface area contributed by atoms with Crippen LogP contribution in [0.5, 0.6) is 5.75 Å². The van der Waals surface area contributed by atoms with Gasteiger partial charge >= 0.3 is 5.51 Å². The van der Waals surface area contributed by atoms with Crippen molar-refractivity contribution in [1.82, 2.24) is 0 Å². The summed E-state index contributed by atoms with van der Waals surface area (Å²) in [5.74, 6) is 0.135. The minimum absolute atomic E-state index is 0.0389. The third-order valence-corrected chi connectivity index (χ3v) is 7.42. The van der Waals surface area contributed by atoms with E-state index in [1.54, 1.807) is 0 Å². The number of alkyl halides is 3. The van der Waals surface area contributed by atoms with Crippen molar-refractivity contribution in [2.45, 2.75) is 62.5 Å². The Hall–Kier alpha value is -2.07. The van der Waals surface area contributed by atoms with Crippen molar-refractivity contribution >= 4 is 37.7 Å². The average Bonchev–Trinajstić information content (AvgIpc) is 2.66. The van der Waals surface area contributed by atoms with Crippen molar-refractivity contribution in [1.29, 1.82) is 0 Å². The molecule has 0 fully saturated rings. The molecule has 32 heavy (non-hydrogen) atoms. The zero-order valence-corrected chi connectivity index (χ0v) is 20.6. The van der Waals surface area contributed by atoms with Crippen LogP contribution in [0.4, 0.5) is 18.9 Å². The Labute approximate surface area is 193 Å². The third kappa shape index (κ3) is 4.26. The summed E-state index contributed by atoms with van der Waals surface area (Å²) in [4.78, 5) is 3.55. The Morgan fingerprint density at radius 3 is 2.31 bits per heavy atom. The van der Waals surface area contributed by atoms with Crippen molar-refractivity contribution < 1.29 is 26.7 Å². The minimum atomic E-state index is -5.46. The molecule has 0 amide bonds. The molecule has 5 nitrogen and oxygen atoms in total. The number of phenols is 1. The van der Waals surface area contributed by atoms with E-state index in [0.29, 0.717) is 11.3 Å². The number of benzene rings is 2. The standard InChI is InChI=1S/C22H24BrF3N2O3S/c1-11(2)17-15(23)9-14(21(3,4)5)19(29)18(17)20-27-10-12-8-13(6-7-16(12)28-20)32(30,31)22(24,25)26/h6-11,20,28-29H,1-5H3. The molecule has 0 radical (unpaired) electrons. The Kier molecular flexibility index (Phi) is 6.19. The van der Waals surface area contributed by atoms with E-state index in [2.05, 4.69) is 26.2 Å². The molecule has 0 saturated heterocycles. The monoisotopic (exact) mass is 532 g/mol. The van der Waals surface area contributed by atoms with Gasteiger partial charge in [0.25, 0.3) is 9.84 Å². The second-order valence-electron chi connectivity index (χ2n) is 9.01. The molecule has 1 aliphatic heterocycles. The van der Waals surface area contributed by atoms with Gasteiger partial charge in [-0.1, -0.05) is 50.5 Å². The Balaban J connectivity index is 2.12. The molecule has 1 heterocycles. The summed E-state index contributed by atoms with van der Waals surface area (Å²) in [6.07, 6.45) is 0.621. The van der Waals surface area contributed by atoms with Gasteiger partial charge in [0.2, 0.25) is 0 Å². The summed E-state index contributed by atoms with van der Waals surface area (Å²) < 4.78 is 63.0. The van der Waals surface area contributed by atoms with E-state index in [0.717, 1.165) is 27.7 Å². The Bertz CT molecular complexity index is 1200. The van der Waals surface area contributed by atoms with E-state index in [1.165, 1.54) is 12.3 Å². The molecule has 0 spiro atoms. The number of aromatic hydroxyl groups is 1. The highest BCUT2D eigenvalue weighted by Gasteiger charge is 2.47. The number of hydrogen-bond acceptors (Lipinski definition) is 5. The number of hydrogen-bond donors (Lipinski definition) is 2. The largest absolute Gasteiger partial charge is 0.507 e. The second kappa shape index (κ2) is 8.06. The number of sulfone groups is 1. The van der Waals surface area contributed by atoms with Crippen LogP contribution in [0.1, 0.15) is 69.0 Å². The predicted octanol–water partition coefficient (Wildman–Crippen LogP) is 6.41. The third-order valence-electron chi connectivity index (χ3n) is 5.28. The lowest BCUT2D eigenvalue weighted by atomic mass is 9.82. The van der Waals surface area contributed by atoms with Gasteiger partial charge in [-0.25, -0.2) is 8.42 Å². The summed E-state index contributed by atoms with van der Waals surface area (Å²) in [6.45, 7) is 9.89.